The standard InChI is InChI=1S/C22H32N2O2S/c25-22(17-11-12-21(23-15-17)26-20-13-14-27-16-20)24(18-7-3-1-4-8-18)19-9-5-2-6-10-19/h11-12,15,18-20H,1-10,13-14,16H2. The van der Waals surface area contributed by atoms with Gasteiger partial charge in [-0.3, -0.25) is 4.79 Å². The molecule has 148 valence electrons. The summed E-state index contributed by atoms with van der Waals surface area (Å²) >= 11 is 1.93. The normalized spacial score (nSPS) is 24.7. The number of carbonyl (C=O) groups excluding carboxylic acids is 1. The Morgan fingerprint density at radius 1 is 0.963 bits per heavy atom. The van der Waals surface area contributed by atoms with E-state index in [0.29, 0.717) is 18.0 Å². The van der Waals surface area contributed by atoms with Crippen molar-refractivity contribution in [3.8, 4) is 5.88 Å². The van der Waals surface area contributed by atoms with Crippen LogP contribution in [0.3, 0.4) is 0 Å². The molecular weight excluding hydrogens is 356 g/mol. The Morgan fingerprint density at radius 2 is 1.63 bits per heavy atom. The topological polar surface area (TPSA) is 42.4 Å². The summed E-state index contributed by atoms with van der Waals surface area (Å²) in [6.07, 6.45) is 15.4. The van der Waals surface area contributed by atoms with Crippen molar-refractivity contribution >= 4 is 17.7 Å². The lowest BCUT2D eigenvalue weighted by Gasteiger charge is -2.41. The van der Waals surface area contributed by atoms with Crippen LogP contribution < -0.4 is 4.74 Å². The fourth-order valence-corrected chi connectivity index (χ4v) is 5.94. The minimum Gasteiger partial charge on any atom is -0.473 e. The average Bonchev–Trinajstić information content (AvgIpc) is 3.23. The number of rotatable bonds is 5. The highest BCUT2D eigenvalue weighted by Crippen LogP contribution is 2.31. The van der Waals surface area contributed by atoms with Crippen LogP contribution in [-0.2, 0) is 0 Å². The van der Waals surface area contributed by atoms with Crippen LogP contribution in [0.4, 0.5) is 0 Å². The van der Waals surface area contributed by atoms with Crippen LogP contribution in [0.2, 0.25) is 0 Å². The molecule has 0 N–H and O–H groups in total. The van der Waals surface area contributed by atoms with Crippen molar-refractivity contribution in [3.05, 3.63) is 23.9 Å². The van der Waals surface area contributed by atoms with Gasteiger partial charge in [0.05, 0.1) is 5.56 Å². The van der Waals surface area contributed by atoms with Crippen molar-refractivity contribution in [1.82, 2.24) is 9.88 Å². The molecule has 5 heteroatoms. The second kappa shape index (κ2) is 9.31. The molecule has 1 aliphatic heterocycles. The highest BCUT2D eigenvalue weighted by atomic mass is 32.2. The highest BCUT2D eigenvalue weighted by Gasteiger charge is 2.33. The van der Waals surface area contributed by atoms with E-state index in [1.807, 2.05) is 23.9 Å². The van der Waals surface area contributed by atoms with Gasteiger partial charge in [-0.05, 0) is 43.9 Å². The fraction of sp³-hybridized carbons (Fsp3) is 0.727. The minimum atomic E-state index is 0.185. The monoisotopic (exact) mass is 388 g/mol. The zero-order chi connectivity index (χ0) is 18.5. The van der Waals surface area contributed by atoms with Crippen LogP contribution in [0.15, 0.2) is 18.3 Å². The van der Waals surface area contributed by atoms with E-state index in [2.05, 4.69) is 9.88 Å². The van der Waals surface area contributed by atoms with Gasteiger partial charge in [-0.15, -0.1) is 0 Å². The van der Waals surface area contributed by atoms with E-state index in [9.17, 15) is 4.79 Å². The van der Waals surface area contributed by atoms with Crippen LogP contribution in [0.25, 0.3) is 0 Å². The van der Waals surface area contributed by atoms with E-state index in [1.165, 1.54) is 44.3 Å². The van der Waals surface area contributed by atoms with E-state index in [1.54, 1.807) is 6.20 Å². The molecule has 2 saturated carbocycles. The Kier molecular flexibility index (Phi) is 6.59. The number of nitrogens with zero attached hydrogens (tertiary/aromatic N) is 2. The SMILES string of the molecule is O=C(c1ccc(OC2CCSC2)nc1)N(C1CCCCC1)C1CCCCC1. The lowest BCUT2D eigenvalue weighted by Crippen LogP contribution is -2.48. The Balaban J connectivity index is 1.47. The van der Waals surface area contributed by atoms with E-state index in [-0.39, 0.29) is 12.0 Å². The summed E-state index contributed by atoms with van der Waals surface area (Å²) in [5, 5.41) is 0. The van der Waals surface area contributed by atoms with Crippen molar-refractivity contribution in [2.24, 2.45) is 0 Å². The van der Waals surface area contributed by atoms with Gasteiger partial charge in [-0.2, -0.15) is 11.8 Å². The maximum Gasteiger partial charge on any atom is 0.255 e. The molecule has 4 nitrogen and oxygen atoms in total. The molecular formula is C22H32N2O2S. The highest BCUT2D eigenvalue weighted by molar-refractivity contribution is 7.99. The number of pyridine rings is 1. The minimum absolute atomic E-state index is 0.185. The third-order valence-electron chi connectivity index (χ3n) is 6.33. The van der Waals surface area contributed by atoms with Gasteiger partial charge >= 0.3 is 0 Å². The predicted molar refractivity (Wildman–Crippen MR) is 111 cm³/mol. The molecule has 27 heavy (non-hydrogen) atoms. The number of ether oxygens (including phenoxy) is 1. The predicted octanol–water partition coefficient (Wildman–Crippen LogP) is 5.07. The van der Waals surface area contributed by atoms with Gasteiger partial charge in [0.25, 0.3) is 5.91 Å². The molecule has 0 bridgehead atoms. The molecule has 1 aromatic heterocycles. The van der Waals surface area contributed by atoms with Gasteiger partial charge < -0.3 is 9.64 Å². The summed E-state index contributed by atoms with van der Waals surface area (Å²) < 4.78 is 5.95. The molecule has 1 unspecified atom stereocenters. The molecule has 2 heterocycles. The van der Waals surface area contributed by atoms with Gasteiger partial charge in [0.2, 0.25) is 5.88 Å². The molecule has 1 amide bonds. The summed E-state index contributed by atoms with van der Waals surface area (Å²) in [6.45, 7) is 0. The van der Waals surface area contributed by atoms with E-state index in [4.69, 9.17) is 4.74 Å². The number of hydrogen-bond donors (Lipinski definition) is 0. The molecule has 0 radical (unpaired) electrons. The van der Waals surface area contributed by atoms with E-state index >= 15 is 0 Å². The summed E-state index contributed by atoms with van der Waals surface area (Å²) in [5.41, 5.74) is 0.722. The molecule has 1 saturated heterocycles. The van der Waals surface area contributed by atoms with Crippen LogP contribution in [0.5, 0.6) is 5.88 Å². The summed E-state index contributed by atoms with van der Waals surface area (Å²) in [4.78, 5) is 20.2. The fourth-order valence-electron chi connectivity index (χ4n) is 4.85. The number of hydrogen-bond acceptors (Lipinski definition) is 4. The number of amides is 1. The summed E-state index contributed by atoms with van der Waals surface area (Å²) in [5.74, 6) is 3.04. The Morgan fingerprint density at radius 3 is 2.15 bits per heavy atom. The maximum atomic E-state index is 13.4. The Labute approximate surface area is 167 Å². The first kappa shape index (κ1) is 19.1. The molecule has 0 spiro atoms. The summed E-state index contributed by atoms with van der Waals surface area (Å²) in [7, 11) is 0. The van der Waals surface area contributed by atoms with E-state index < -0.39 is 0 Å². The molecule has 4 rings (SSSR count). The lowest BCUT2D eigenvalue weighted by atomic mass is 9.88. The molecule has 1 aromatic rings. The van der Waals surface area contributed by atoms with Gasteiger partial charge in [-0.25, -0.2) is 4.98 Å². The summed E-state index contributed by atoms with van der Waals surface area (Å²) in [6, 6.07) is 4.64. The third kappa shape index (κ3) is 4.79. The van der Waals surface area contributed by atoms with Crippen LogP contribution in [0, 0.1) is 0 Å². The molecule has 2 aliphatic carbocycles. The number of carbonyl (C=O) groups is 1. The quantitative estimate of drug-likeness (QED) is 0.706. The average molecular weight is 389 g/mol. The smallest absolute Gasteiger partial charge is 0.255 e. The van der Waals surface area contributed by atoms with Crippen molar-refractivity contribution in [2.45, 2.75) is 88.8 Å². The third-order valence-corrected chi connectivity index (χ3v) is 7.46. The van der Waals surface area contributed by atoms with Gasteiger partial charge in [0.15, 0.2) is 0 Å². The molecule has 3 fully saturated rings. The van der Waals surface area contributed by atoms with Crippen molar-refractivity contribution < 1.29 is 9.53 Å². The zero-order valence-corrected chi connectivity index (χ0v) is 17.1. The first-order valence-corrected chi connectivity index (χ1v) is 12.0. The van der Waals surface area contributed by atoms with E-state index in [0.717, 1.165) is 43.4 Å². The first-order valence-electron chi connectivity index (χ1n) is 10.8. The molecule has 1 atom stereocenters. The van der Waals surface area contributed by atoms with Gasteiger partial charge in [0.1, 0.15) is 6.10 Å². The molecule has 3 aliphatic rings. The Bertz CT molecular complexity index is 585. The van der Waals surface area contributed by atoms with Crippen molar-refractivity contribution in [3.63, 3.8) is 0 Å². The van der Waals surface area contributed by atoms with Crippen molar-refractivity contribution in [1.29, 1.82) is 0 Å². The number of aromatic nitrogens is 1. The van der Waals surface area contributed by atoms with Crippen LogP contribution in [-0.4, -0.2) is 45.5 Å². The zero-order valence-electron chi connectivity index (χ0n) is 16.3. The van der Waals surface area contributed by atoms with Gasteiger partial charge in [-0.1, -0.05) is 38.5 Å². The lowest BCUT2D eigenvalue weighted by molar-refractivity contribution is 0.0448. The second-order valence-corrected chi connectivity index (χ2v) is 9.43. The van der Waals surface area contributed by atoms with Gasteiger partial charge in [0, 0.05) is 30.1 Å². The van der Waals surface area contributed by atoms with Crippen LogP contribution >= 0.6 is 11.8 Å². The Hall–Kier alpha value is -1.23. The molecule has 0 aromatic carbocycles. The second-order valence-electron chi connectivity index (χ2n) is 8.28. The number of thioether (sulfide) groups is 1. The van der Waals surface area contributed by atoms with Crippen LogP contribution in [0.1, 0.15) is 81.0 Å². The first-order chi connectivity index (χ1) is 13.3. The van der Waals surface area contributed by atoms with Crippen molar-refractivity contribution in [2.75, 3.05) is 11.5 Å². The maximum absolute atomic E-state index is 13.4. The largest absolute Gasteiger partial charge is 0.473 e.